The molecule has 0 bridgehead atoms. The van der Waals surface area contributed by atoms with Gasteiger partial charge in [-0.05, 0) is 48.6 Å². The SMILES string of the molecule is COc1cccc(N2C(=O)C(c3ccc(OCC(C)C)cc3)=C(N3CCCC3)C2=O)c1. The van der Waals surface area contributed by atoms with Crippen LogP contribution in [0.4, 0.5) is 5.69 Å². The summed E-state index contributed by atoms with van der Waals surface area (Å²) < 4.78 is 11.1. The van der Waals surface area contributed by atoms with Crippen molar-refractivity contribution in [2.24, 2.45) is 5.92 Å². The van der Waals surface area contributed by atoms with Gasteiger partial charge in [0.1, 0.15) is 17.2 Å². The van der Waals surface area contributed by atoms with E-state index >= 15 is 0 Å². The predicted molar refractivity (Wildman–Crippen MR) is 120 cm³/mol. The highest BCUT2D eigenvalue weighted by Crippen LogP contribution is 2.37. The normalized spacial score (nSPS) is 16.6. The first kappa shape index (κ1) is 21.0. The number of imide groups is 1. The number of anilines is 1. The summed E-state index contributed by atoms with van der Waals surface area (Å²) in [5.41, 5.74) is 2.17. The standard InChI is InChI=1S/C25H28N2O4/c1-17(2)16-31-20-11-9-18(10-12-20)22-23(26-13-4-5-14-26)25(29)27(24(22)28)19-7-6-8-21(15-19)30-3/h6-12,15,17H,4-5,13-14,16H2,1-3H3. The Morgan fingerprint density at radius 2 is 1.65 bits per heavy atom. The maximum atomic E-state index is 13.5. The molecule has 0 saturated carbocycles. The quantitative estimate of drug-likeness (QED) is 0.631. The van der Waals surface area contributed by atoms with Crippen molar-refractivity contribution in [3.05, 3.63) is 59.8 Å². The van der Waals surface area contributed by atoms with Gasteiger partial charge in [-0.2, -0.15) is 0 Å². The van der Waals surface area contributed by atoms with Crippen molar-refractivity contribution >= 4 is 23.1 Å². The molecule has 2 aliphatic heterocycles. The number of ether oxygens (including phenoxy) is 2. The van der Waals surface area contributed by atoms with Crippen LogP contribution in [0.15, 0.2) is 54.2 Å². The van der Waals surface area contributed by atoms with Crippen molar-refractivity contribution < 1.29 is 19.1 Å². The summed E-state index contributed by atoms with van der Waals surface area (Å²) in [5, 5.41) is 0. The number of carbonyl (C=O) groups is 2. The fourth-order valence-corrected chi connectivity index (χ4v) is 3.98. The van der Waals surface area contributed by atoms with E-state index in [1.807, 2.05) is 29.2 Å². The summed E-state index contributed by atoms with van der Waals surface area (Å²) in [6, 6.07) is 14.5. The Bertz CT molecular complexity index is 1000. The van der Waals surface area contributed by atoms with Crippen molar-refractivity contribution in [2.75, 3.05) is 31.7 Å². The molecule has 2 amide bonds. The van der Waals surface area contributed by atoms with Crippen LogP contribution in [-0.2, 0) is 9.59 Å². The molecule has 6 heteroatoms. The lowest BCUT2D eigenvalue weighted by Gasteiger charge is -2.20. The van der Waals surface area contributed by atoms with Gasteiger partial charge in [0.25, 0.3) is 11.8 Å². The van der Waals surface area contributed by atoms with Crippen molar-refractivity contribution in [2.45, 2.75) is 26.7 Å². The number of benzene rings is 2. The van der Waals surface area contributed by atoms with Crippen molar-refractivity contribution in [3.63, 3.8) is 0 Å². The van der Waals surface area contributed by atoms with Gasteiger partial charge in [0.15, 0.2) is 0 Å². The molecule has 0 spiro atoms. The number of hydrogen-bond acceptors (Lipinski definition) is 5. The molecule has 6 nitrogen and oxygen atoms in total. The number of hydrogen-bond donors (Lipinski definition) is 0. The van der Waals surface area contributed by atoms with E-state index in [2.05, 4.69) is 13.8 Å². The van der Waals surface area contributed by atoms with E-state index in [-0.39, 0.29) is 11.8 Å². The Morgan fingerprint density at radius 1 is 0.935 bits per heavy atom. The molecule has 4 rings (SSSR count). The lowest BCUT2D eigenvalue weighted by Crippen LogP contribution is -2.34. The number of rotatable bonds is 7. The van der Waals surface area contributed by atoms with Gasteiger partial charge in [0.2, 0.25) is 0 Å². The van der Waals surface area contributed by atoms with Crippen LogP contribution < -0.4 is 14.4 Å². The molecule has 0 aliphatic carbocycles. The zero-order valence-electron chi connectivity index (χ0n) is 18.3. The molecule has 1 fully saturated rings. The molecule has 0 atom stereocenters. The van der Waals surface area contributed by atoms with E-state index in [0.717, 1.165) is 37.2 Å². The third kappa shape index (κ3) is 4.15. The number of likely N-dealkylation sites (tertiary alicyclic amines) is 1. The average Bonchev–Trinajstić information content (AvgIpc) is 3.38. The Morgan fingerprint density at radius 3 is 2.29 bits per heavy atom. The molecule has 0 radical (unpaired) electrons. The zero-order valence-corrected chi connectivity index (χ0v) is 18.3. The summed E-state index contributed by atoms with van der Waals surface area (Å²) in [4.78, 5) is 30.3. The van der Waals surface area contributed by atoms with E-state index in [1.165, 1.54) is 4.90 Å². The van der Waals surface area contributed by atoms with E-state index in [4.69, 9.17) is 9.47 Å². The van der Waals surface area contributed by atoms with E-state index < -0.39 is 0 Å². The molecular weight excluding hydrogens is 392 g/mol. The van der Waals surface area contributed by atoms with Gasteiger partial charge in [0.05, 0.1) is 25.0 Å². The number of carbonyl (C=O) groups excluding carboxylic acids is 2. The van der Waals surface area contributed by atoms with E-state index in [0.29, 0.717) is 35.2 Å². The van der Waals surface area contributed by atoms with Crippen LogP contribution in [-0.4, -0.2) is 43.5 Å². The highest BCUT2D eigenvalue weighted by atomic mass is 16.5. The van der Waals surface area contributed by atoms with Gasteiger partial charge >= 0.3 is 0 Å². The van der Waals surface area contributed by atoms with E-state index in [1.54, 1.807) is 31.4 Å². The van der Waals surface area contributed by atoms with Gasteiger partial charge < -0.3 is 14.4 Å². The summed E-state index contributed by atoms with van der Waals surface area (Å²) in [6.07, 6.45) is 2.03. The first-order chi connectivity index (χ1) is 15.0. The summed E-state index contributed by atoms with van der Waals surface area (Å²) >= 11 is 0. The molecule has 2 aliphatic rings. The molecule has 2 heterocycles. The lowest BCUT2D eigenvalue weighted by molar-refractivity contribution is -0.120. The molecule has 2 aromatic rings. The van der Waals surface area contributed by atoms with Crippen LogP contribution in [0.3, 0.4) is 0 Å². The molecule has 1 saturated heterocycles. The Kier molecular flexibility index (Phi) is 5.98. The van der Waals surface area contributed by atoms with Crippen LogP contribution in [0.1, 0.15) is 32.3 Å². The largest absolute Gasteiger partial charge is 0.497 e. The summed E-state index contributed by atoms with van der Waals surface area (Å²) in [5.74, 6) is 1.18. The summed E-state index contributed by atoms with van der Waals surface area (Å²) in [6.45, 7) is 6.37. The van der Waals surface area contributed by atoms with Crippen LogP contribution >= 0.6 is 0 Å². The zero-order chi connectivity index (χ0) is 22.0. The lowest BCUT2D eigenvalue weighted by atomic mass is 10.0. The number of methoxy groups -OCH3 is 1. The first-order valence-electron chi connectivity index (χ1n) is 10.7. The van der Waals surface area contributed by atoms with Gasteiger partial charge in [-0.3, -0.25) is 9.59 Å². The minimum absolute atomic E-state index is 0.282. The second-order valence-corrected chi connectivity index (χ2v) is 8.29. The van der Waals surface area contributed by atoms with E-state index in [9.17, 15) is 9.59 Å². The maximum absolute atomic E-state index is 13.5. The Labute approximate surface area is 183 Å². The van der Waals surface area contributed by atoms with Gasteiger partial charge in [-0.25, -0.2) is 4.90 Å². The number of amides is 2. The van der Waals surface area contributed by atoms with Crippen molar-refractivity contribution in [1.29, 1.82) is 0 Å². The fraction of sp³-hybridized carbons (Fsp3) is 0.360. The Balaban J connectivity index is 1.71. The Hall–Kier alpha value is -3.28. The molecule has 162 valence electrons. The maximum Gasteiger partial charge on any atom is 0.282 e. The van der Waals surface area contributed by atoms with Crippen molar-refractivity contribution in [3.8, 4) is 11.5 Å². The molecule has 0 unspecified atom stereocenters. The van der Waals surface area contributed by atoms with Crippen LogP contribution in [0.5, 0.6) is 11.5 Å². The highest BCUT2D eigenvalue weighted by Gasteiger charge is 2.43. The molecule has 2 aromatic carbocycles. The highest BCUT2D eigenvalue weighted by molar-refractivity contribution is 6.45. The molecule has 31 heavy (non-hydrogen) atoms. The van der Waals surface area contributed by atoms with Crippen LogP contribution in [0.25, 0.3) is 5.57 Å². The second kappa shape index (κ2) is 8.84. The third-order valence-electron chi connectivity index (χ3n) is 5.52. The minimum atomic E-state index is -0.309. The first-order valence-corrected chi connectivity index (χ1v) is 10.7. The smallest absolute Gasteiger partial charge is 0.282 e. The van der Waals surface area contributed by atoms with Crippen molar-refractivity contribution in [1.82, 2.24) is 4.90 Å². The van der Waals surface area contributed by atoms with Crippen LogP contribution in [0.2, 0.25) is 0 Å². The number of nitrogens with zero attached hydrogens (tertiary/aromatic N) is 2. The topological polar surface area (TPSA) is 59.1 Å². The van der Waals surface area contributed by atoms with Gasteiger partial charge in [-0.1, -0.05) is 32.0 Å². The summed E-state index contributed by atoms with van der Waals surface area (Å²) in [7, 11) is 1.56. The molecule has 0 aromatic heterocycles. The monoisotopic (exact) mass is 420 g/mol. The molecular formula is C25H28N2O4. The van der Waals surface area contributed by atoms with Gasteiger partial charge in [-0.15, -0.1) is 0 Å². The minimum Gasteiger partial charge on any atom is -0.497 e. The fourth-order valence-electron chi connectivity index (χ4n) is 3.98. The van der Waals surface area contributed by atoms with Crippen LogP contribution in [0, 0.1) is 5.92 Å². The van der Waals surface area contributed by atoms with Gasteiger partial charge in [0, 0.05) is 19.2 Å². The second-order valence-electron chi connectivity index (χ2n) is 8.29. The average molecular weight is 421 g/mol. The predicted octanol–water partition coefficient (Wildman–Crippen LogP) is 4.11. The third-order valence-corrected chi connectivity index (χ3v) is 5.52. The molecule has 0 N–H and O–H groups in total.